The third kappa shape index (κ3) is 3.12. The SMILES string of the molecule is CC(C#N)(NC(=O)CN1CCCC1c1cccs1)C1CC1. The zero-order chi connectivity index (χ0) is 14.9. The number of carbonyl (C=O) groups excluding carboxylic acids is 1. The van der Waals surface area contributed by atoms with Gasteiger partial charge in [-0.2, -0.15) is 5.26 Å². The molecule has 1 aliphatic carbocycles. The molecule has 112 valence electrons. The molecule has 0 spiro atoms. The molecule has 5 heteroatoms. The largest absolute Gasteiger partial charge is 0.337 e. The Labute approximate surface area is 129 Å². The Morgan fingerprint density at radius 1 is 1.57 bits per heavy atom. The first kappa shape index (κ1) is 14.6. The smallest absolute Gasteiger partial charge is 0.235 e. The summed E-state index contributed by atoms with van der Waals surface area (Å²) in [5.41, 5.74) is -0.685. The predicted molar refractivity (Wildman–Crippen MR) is 82.8 cm³/mol. The minimum Gasteiger partial charge on any atom is -0.337 e. The zero-order valence-corrected chi connectivity index (χ0v) is 13.2. The van der Waals surface area contributed by atoms with E-state index in [2.05, 4.69) is 33.8 Å². The second-order valence-electron chi connectivity index (χ2n) is 6.28. The monoisotopic (exact) mass is 303 g/mol. The molecule has 0 radical (unpaired) electrons. The molecule has 2 heterocycles. The molecule has 3 rings (SSSR count). The molecule has 1 aliphatic heterocycles. The first-order valence-corrected chi connectivity index (χ1v) is 8.50. The Balaban J connectivity index is 1.60. The lowest BCUT2D eigenvalue weighted by Gasteiger charge is -2.27. The normalized spacial score (nSPS) is 25.2. The number of carbonyl (C=O) groups is 1. The van der Waals surface area contributed by atoms with Gasteiger partial charge in [0, 0.05) is 10.9 Å². The number of nitriles is 1. The number of thiophene rings is 1. The maximum Gasteiger partial charge on any atom is 0.235 e. The highest BCUT2D eigenvalue weighted by molar-refractivity contribution is 7.10. The summed E-state index contributed by atoms with van der Waals surface area (Å²) >= 11 is 1.76. The van der Waals surface area contributed by atoms with E-state index >= 15 is 0 Å². The Kier molecular flexibility index (Phi) is 4.01. The fraction of sp³-hybridized carbons (Fsp3) is 0.625. The van der Waals surface area contributed by atoms with Crippen LogP contribution in [-0.4, -0.2) is 29.4 Å². The molecule has 1 N–H and O–H groups in total. The Morgan fingerprint density at radius 3 is 3.00 bits per heavy atom. The highest BCUT2D eigenvalue weighted by Crippen LogP contribution is 2.39. The van der Waals surface area contributed by atoms with Crippen molar-refractivity contribution < 1.29 is 4.79 Å². The molecule has 1 saturated heterocycles. The van der Waals surface area contributed by atoms with Crippen LogP contribution in [-0.2, 0) is 4.79 Å². The number of nitrogens with one attached hydrogen (secondary N) is 1. The van der Waals surface area contributed by atoms with Crippen molar-refractivity contribution in [2.75, 3.05) is 13.1 Å². The van der Waals surface area contributed by atoms with Crippen LogP contribution in [0.15, 0.2) is 17.5 Å². The van der Waals surface area contributed by atoms with Gasteiger partial charge < -0.3 is 5.32 Å². The van der Waals surface area contributed by atoms with Crippen LogP contribution in [0.25, 0.3) is 0 Å². The van der Waals surface area contributed by atoms with E-state index in [0.717, 1.165) is 32.2 Å². The lowest BCUT2D eigenvalue weighted by atomic mass is 9.98. The molecule has 2 unspecified atom stereocenters. The average molecular weight is 303 g/mol. The van der Waals surface area contributed by atoms with E-state index in [4.69, 9.17) is 0 Å². The first-order valence-electron chi connectivity index (χ1n) is 7.62. The minimum absolute atomic E-state index is 0.0191. The molecular formula is C16H21N3OS. The molecule has 2 aliphatic rings. The molecular weight excluding hydrogens is 282 g/mol. The van der Waals surface area contributed by atoms with Gasteiger partial charge in [-0.25, -0.2) is 0 Å². The van der Waals surface area contributed by atoms with Crippen LogP contribution < -0.4 is 5.32 Å². The molecule has 0 aromatic carbocycles. The number of nitrogens with zero attached hydrogens (tertiary/aromatic N) is 2. The summed E-state index contributed by atoms with van der Waals surface area (Å²) in [5.74, 6) is 0.313. The van der Waals surface area contributed by atoms with Crippen molar-refractivity contribution in [3.8, 4) is 6.07 Å². The molecule has 0 bridgehead atoms. The highest BCUT2D eigenvalue weighted by atomic mass is 32.1. The molecule has 1 aromatic heterocycles. The van der Waals surface area contributed by atoms with Crippen molar-refractivity contribution >= 4 is 17.2 Å². The molecule has 4 nitrogen and oxygen atoms in total. The fourth-order valence-electron chi connectivity index (χ4n) is 3.21. The van der Waals surface area contributed by atoms with Crippen molar-refractivity contribution in [1.29, 1.82) is 5.26 Å². The number of hydrogen-bond acceptors (Lipinski definition) is 4. The standard InChI is InChI=1S/C16H21N3OS/c1-16(11-17,12-6-7-12)18-15(20)10-19-8-2-4-13(19)14-5-3-9-21-14/h3,5,9,12-13H,2,4,6-8,10H2,1H3,(H,18,20). The molecule has 1 saturated carbocycles. The van der Waals surface area contributed by atoms with Crippen molar-refractivity contribution in [2.45, 2.75) is 44.2 Å². The van der Waals surface area contributed by atoms with Gasteiger partial charge in [-0.3, -0.25) is 9.69 Å². The average Bonchev–Trinajstić information content (AvgIpc) is 3.01. The van der Waals surface area contributed by atoms with Gasteiger partial charge in [-0.15, -0.1) is 11.3 Å². The van der Waals surface area contributed by atoms with Crippen LogP contribution in [0.2, 0.25) is 0 Å². The van der Waals surface area contributed by atoms with Gasteiger partial charge in [0.25, 0.3) is 0 Å². The number of rotatable bonds is 5. The second-order valence-corrected chi connectivity index (χ2v) is 7.26. The van der Waals surface area contributed by atoms with Gasteiger partial charge >= 0.3 is 0 Å². The van der Waals surface area contributed by atoms with E-state index in [-0.39, 0.29) is 5.91 Å². The molecule has 21 heavy (non-hydrogen) atoms. The lowest BCUT2D eigenvalue weighted by molar-refractivity contribution is -0.123. The summed E-state index contributed by atoms with van der Waals surface area (Å²) < 4.78 is 0. The Bertz CT molecular complexity index is 546. The van der Waals surface area contributed by atoms with E-state index in [9.17, 15) is 10.1 Å². The molecule has 2 atom stereocenters. The minimum atomic E-state index is -0.685. The van der Waals surface area contributed by atoms with Crippen LogP contribution in [0, 0.1) is 17.2 Å². The summed E-state index contributed by atoms with van der Waals surface area (Å²) in [6.45, 7) is 3.21. The van der Waals surface area contributed by atoms with Gasteiger partial charge in [-0.1, -0.05) is 6.07 Å². The van der Waals surface area contributed by atoms with E-state index in [1.807, 2.05) is 6.92 Å². The third-order valence-electron chi connectivity index (χ3n) is 4.61. The van der Waals surface area contributed by atoms with Crippen molar-refractivity contribution in [3.05, 3.63) is 22.4 Å². The lowest BCUT2D eigenvalue weighted by Crippen LogP contribution is -2.50. The van der Waals surface area contributed by atoms with E-state index in [0.29, 0.717) is 18.5 Å². The van der Waals surface area contributed by atoms with Crippen LogP contribution in [0.4, 0.5) is 0 Å². The van der Waals surface area contributed by atoms with Gasteiger partial charge in [0.05, 0.1) is 12.6 Å². The number of likely N-dealkylation sites (tertiary alicyclic amines) is 1. The highest BCUT2D eigenvalue weighted by Gasteiger charge is 2.43. The Morgan fingerprint density at radius 2 is 2.38 bits per heavy atom. The fourth-order valence-corrected chi connectivity index (χ4v) is 4.11. The topological polar surface area (TPSA) is 56.1 Å². The molecule has 1 amide bonds. The third-order valence-corrected chi connectivity index (χ3v) is 5.58. The van der Waals surface area contributed by atoms with Crippen LogP contribution in [0.1, 0.15) is 43.5 Å². The van der Waals surface area contributed by atoms with Crippen molar-refractivity contribution in [3.63, 3.8) is 0 Å². The predicted octanol–water partition coefficient (Wildman–Crippen LogP) is 2.69. The van der Waals surface area contributed by atoms with Crippen LogP contribution in [0.3, 0.4) is 0 Å². The van der Waals surface area contributed by atoms with E-state index < -0.39 is 5.54 Å². The number of hydrogen-bond donors (Lipinski definition) is 1. The van der Waals surface area contributed by atoms with Gasteiger partial charge in [0.15, 0.2) is 0 Å². The molecule has 1 aromatic rings. The summed E-state index contributed by atoms with van der Waals surface area (Å²) in [6, 6.07) is 6.87. The zero-order valence-electron chi connectivity index (χ0n) is 12.3. The van der Waals surface area contributed by atoms with E-state index in [1.165, 1.54) is 4.88 Å². The van der Waals surface area contributed by atoms with Crippen molar-refractivity contribution in [2.24, 2.45) is 5.92 Å². The van der Waals surface area contributed by atoms with E-state index in [1.54, 1.807) is 11.3 Å². The van der Waals surface area contributed by atoms with Crippen LogP contribution >= 0.6 is 11.3 Å². The summed E-state index contributed by atoms with van der Waals surface area (Å²) in [6.07, 6.45) is 4.34. The summed E-state index contributed by atoms with van der Waals surface area (Å²) in [4.78, 5) is 15.9. The second kappa shape index (κ2) is 5.78. The summed E-state index contributed by atoms with van der Waals surface area (Å²) in [7, 11) is 0. The van der Waals surface area contributed by atoms with Crippen LogP contribution in [0.5, 0.6) is 0 Å². The summed E-state index contributed by atoms with van der Waals surface area (Å²) in [5, 5.41) is 14.4. The van der Waals surface area contributed by atoms with Gasteiger partial charge in [0.1, 0.15) is 5.54 Å². The quantitative estimate of drug-likeness (QED) is 0.910. The maximum absolute atomic E-state index is 12.3. The van der Waals surface area contributed by atoms with Gasteiger partial charge in [0.2, 0.25) is 5.91 Å². The van der Waals surface area contributed by atoms with Crippen molar-refractivity contribution in [1.82, 2.24) is 10.2 Å². The first-order chi connectivity index (χ1) is 10.1. The maximum atomic E-state index is 12.3. The number of amides is 1. The van der Waals surface area contributed by atoms with Gasteiger partial charge in [-0.05, 0) is 56.5 Å². The Hall–Kier alpha value is -1.38. The molecule has 2 fully saturated rings.